The van der Waals surface area contributed by atoms with Crippen LogP contribution in [0, 0.1) is 12.7 Å². The molecule has 112 valence electrons. The first-order chi connectivity index (χ1) is 10.0. The number of hydrogen-bond acceptors (Lipinski definition) is 3. The highest BCUT2D eigenvalue weighted by molar-refractivity contribution is 7.11. The second-order valence-electron chi connectivity index (χ2n) is 6.03. The van der Waals surface area contributed by atoms with Crippen molar-refractivity contribution in [3.63, 3.8) is 0 Å². The van der Waals surface area contributed by atoms with Gasteiger partial charge in [0.15, 0.2) is 0 Å². The quantitative estimate of drug-likeness (QED) is 0.917. The normalized spacial score (nSPS) is 15.5. The molecule has 1 aromatic heterocycles. The van der Waals surface area contributed by atoms with Gasteiger partial charge in [-0.25, -0.2) is 9.37 Å². The van der Waals surface area contributed by atoms with E-state index in [1.165, 1.54) is 23.1 Å². The van der Waals surface area contributed by atoms with Gasteiger partial charge in [-0.05, 0) is 63.3 Å². The summed E-state index contributed by atoms with van der Waals surface area (Å²) in [6.07, 6.45) is 3.45. The summed E-state index contributed by atoms with van der Waals surface area (Å²) in [5.74, 6) is -0.185. The molecular formula is C17H21FN2S. The zero-order valence-corrected chi connectivity index (χ0v) is 13.6. The van der Waals surface area contributed by atoms with Crippen LogP contribution in [0.1, 0.15) is 53.0 Å². The van der Waals surface area contributed by atoms with Crippen LogP contribution in [0.4, 0.5) is 4.39 Å². The highest BCUT2D eigenvalue weighted by Gasteiger charge is 2.25. The molecule has 0 amide bonds. The summed E-state index contributed by atoms with van der Waals surface area (Å²) < 4.78 is 13.7. The fourth-order valence-corrected chi connectivity index (χ4v) is 4.12. The molecule has 3 rings (SSSR count). The van der Waals surface area contributed by atoms with Crippen LogP contribution in [-0.2, 0) is 12.8 Å². The summed E-state index contributed by atoms with van der Waals surface area (Å²) in [5, 5.41) is 4.62. The third kappa shape index (κ3) is 3.01. The van der Waals surface area contributed by atoms with E-state index in [-0.39, 0.29) is 11.9 Å². The molecular weight excluding hydrogens is 283 g/mol. The summed E-state index contributed by atoms with van der Waals surface area (Å²) in [6.45, 7) is 6.26. The Kier molecular flexibility index (Phi) is 4.09. The fraction of sp³-hybridized carbons (Fsp3) is 0.471. The molecule has 0 aliphatic heterocycles. The van der Waals surface area contributed by atoms with E-state index in [2.05, 4.69) is 19.2 Å². The maximum absolute atomic E-state index is 13.7. The lowest BCUT2D eigenvalue weighted by molar-refractivity contribution is 0.521. The van der Waals surface area contributed by atoms with Crippen LogP contribution in [0.2, 0.25) is 0 Å². The highest BCUT2D eigenvalue weighted by Crippen LogP contribution is 2.34. The molecule has 0 saturated carbocycles. The van der Waals surface area contributed by atoms with Gasteiger partial charge in [0.25, 0.3) is 0 Å². The number of aromatic nitrogens is 1. The van der Waals surface area contributed by atoms with Gasteiger partial charge in [0.1, 0.15) is 10.8 Å². The van der Waals surface area contributed by atoms with E-state index in [0.717, 1.165) is 29.0 Å². The first kappa shape index (κ1) is 14.7. The van der Waals surface area contributed by atoms with Gasteiger partial charge >= 0.3 is 0 Å². The highest BCUT2D eigenvalue weighted by atomic mass is 32.1. The topological polar surface area (TPSA) is 24.9 Å². The Morgan fingerprint density at radius 1 is 1.29 bits per heavy atom. The van der Waals surface area contributed by atoms with Gasteiger partial charge in [0.05, 0.1) is 11.7 Å². The average Bonchev–Trinajstić information content (AvgIpc) is 2.99. The van der Waals surface area contributed by atoms with Crippen LogP contribution in [0.15, 0.2) is 18.2 Å². The summed E-state index contributed by atoms with van der Waals surface area (Å²) >= 11 is 1.79. The number of halogens is 1. The van der Waals surface area contributed by atoms with Crippen LogP contribution in [0.5, 0.6) is 0 Å². The van der Waals surface area contributed by atoms with E-state index in [0.29, 0.717) is 6.04 Å². The van der Waals surface area contributed by atoms with Crippen molar-refractivity contribution in [1.82, 2.24) is 10.3 Å². The van der Waals surface area contributed by atoms with E-state index in [1.807, 2.05) is 13.0 Å². The number of aryl methyl sites for hydroxylation is 3. The van der Waals surface area contributed by atoms with Gasteiger partial charge in [-0.3, -0.25) is 0 Å². The summed E-state index contributed by atoms with van der Waals surface area (Å²) in [6, 6.07) is 5.31. The first-order valence-electron chi connectivity index (χ1n) is 7.55. The number of thiazole rings is 1. The van der Waals surface area contributed by atoms with Crippen molar-refractivity contribution >= 4 is 11.3 Å². The Labute approximate surface area is 129 Å². The molecule has 1 atom stereocenters. The van der Waals surface area contributed by atoms with Gasteiger partial charge in [-0.1, -0.05) is 6.07 Å². The molecule has 1 heterocycles. The zero-order chi connectivity index (χ0) is 15.0. The van der Waals surface area contributed by atoms with Crippen molar-refractivity contribution in [3.05, 3.63) is 50.7 Å². The number of fused-ring (bicyclic) bond motifs is 1. The van der Waals surface area contributed by atoms with Crippen LogP contribution in [-0.4, -0.2) is 11.0 Å². The monoisotopic (exact) mass is 304 g/mol. The van der Waals surface area contributed by atoms with Crippen LogP contribution in [0.3, 0.4) is 0 Å². The van der Waals surface area contributed by atoms with Gasteiger partial charge in [-0.2, -0.15) is 0 Å². The standard InChI is InChI=1S/C17H21FN2S/c1-10(2)19-16(13-9-12(18)8-7-11(13)3)17-20-14-5-4-6-15(14)21-17/h7-10,16,19H,4-6H2,1-3H3. The van der Waals surface area contributed by atoms with Crippen LogP contribution < -0.4 is 5.32 Å². The van der Waals surface area contributed by atoms with Crippen molar-refractivity contribution in [3.8, 4) is 0 Å². The summed E-state index contributed by atoms with van der Waals surface area (Å²) in [5.41, 5.74) is 3.35. The minimum Gasteiger partial charge on any atom is -0.302 e. The molecule has 0 saturated heterocycles. The minimum atomic E-state index is -0.185. The number of hydrogen-bond donors (Lipinski definition) is 1. The number of nitrogens with zero attached hydrogens (tertiary/aromatic N) is 1. The minimum absolute atomic E-state index is 0.0173. The van der Waals surface area contributed by atoms with Crippen molar-refractivity contribution in [2.45, 2.75) is 52.1 Å². The fourth-order valence-electron chi connectivity index (χ4n) is 2.88. The third-order valence-electron chi connectivity index (χ3n) is 3.91. The molecule has 4 heteroatoms. The van der Waals surface area contributed by atoms with E-state index >= 15 is 0 Å². The molecule has 1 aliphatic carbocycles. The van der Waals surface area contributed by atoms with Crippen molar-refractivity contribution in [2.75, 3.05) is 0 Å². The van der Waals surface area contributed by atoms with Crippen LogP contribution in [0.25, 0.3) is 0 Å². The van der Waals surface area contributed by atoms with E-state index < -0.39 is 0 Å². The Bertz CT molecular complexity index is 627. The average molecular weight is 304 g/mol. The van der Waals surface area contributed by atoms with Crippen molar-refractivity contribution in [2.24, 2.45) is 0 Å². The predicted octanol–water partition coefficient (Wildman–Crippen LogP) is 4.17. The number of benzene rings is 1. The van der Waals surface area contributed by atoms with E-state index in [1.54, 1.807) is 17.4 Å². The summed E-state index contributed by atoms with van der Waals surface area (Å²) in [7, 11) is 0. The number of rotatable bonds is 4. The predicted molar refractivity (Wildman–Crippen MR) is 85.4 cm³/mol. The van der Waals surface area contributed by atoms with E-state index in [9.17, 15) is 4.39 Å². The van der Waals surface area contributed by atoms with Gasteiger partial charge in [-0.15, -0.1) is 11.3 Å². The SMILES string of the molecule is Cc1ccc(F)cc1C(NC(C)C)c1nc2c(s1)CCC2. The van der Waals surface area contributed by atoms with Gasteiger partial charge in [0, 0.05) is 10.9 Å². The Balaban J connectivity index is 2.02. The molecule has 2 nitrogen and oxygen atoms in total. The third-order valence-corrected chi connectivity index (χ3v) is 5.13. The second kappa shape index (κ2) is 5.85. The van der Waals surface area contributed by atoms with E-state index in [4.69, 9.17) is 4.98 Å². The first-order valence-corrected chi connectivity index (χ1v) is 8.37. The largest absolute Gasteiger partial charge is 0.302 e. The van der Waals surface area contributed by atoms with Crippen molar-refractivity contribution < 1.29 is 4.39 Å². The lowest BCUT2D eigenvalue weighted by Gasteiger charge is -2.21. The smallest absolute Gasteiger partial charge is 0.123 e. The Morgan fingerprint density at radius 3 is 2.81 bits per heavy atom. The van der Waals surface area contributed by atoms with Crippen molar-refractivity contribution in [1.29, 1.82) is 0 Å². The zero-order valence-electron chi connectivity index (χ0n) is 12.7. The summed E-state index contributed by atoms with van der Waals surface area (Å²) in [4.78, 5) is 6.24. The molecule has 0 radical (unpaired) electrons. The molecule has 0 bridgehead atoms. The Morgan fingerprint density at radius 2 is 2.10 bits per heavy atom. The molecule has 21 heavy (non-hydrogen) atoms. The van der Waals surface area contributed by atoms with Crippen LogP contribution >= 0.6 is 11.3 Å². The molecule has 1 unspecified atom stereocenters. The molecule has 0 spiro atoms. The lowest BCUT2D eigenvalue weighted by atomic mass is 10.0. The molecule has 1 aliphatic rings. The second-order valence-corrected chi connectivity index (χ2v) is 7.15. The lowest BCUT2D eigenvalue weighted by Crippen LogP contribution is -2.29. The number of nitrogens with one attached hydrogen (secondary N) is 1. The molecule has 2 aromatic rings. The maximum Gasteiger partial charge on any atom is 0.123 e. The maximum atomic E-state index is 13.7. The van der Waals surface area contributed by atoms with Gasteiger partial charge in [0.2, 0.25) is 0 Å². The molecule has 0 fully saturated rings. The molecule has 1 N–H and O–H groups in total. The molecule has 1 aromatic carbocycles. The van der Waals surface area contributed by atoms with Gasteiger partial charge < -0.3 is 5.32 Å². The Hall–Kier alpha value is -1.26.